The van der Waals surface area contributed by atoms with Gasteiger partial charge in [0.05, 0.1) is 0 Å². The highest BCUT2D eigenvalue weighted by atomic mass is 16.3. The molecule has 0 bridgehead atoms. The molecule has 0 radical (unpaired) electrons. The number of aryl methyl sites for hydroxylation is 1. The molecule has 0 fully saturated rings. The highest BCUT2D eigenvalue weighted by molar-refractivity contribution is 6.14. The average molecular weight is 528 g/mol. The van der Waals surface area contributed by atoms with Gasteiger partial charge in [-0.2, -0.15) is 0 Å². The van der Waals surface area contributed by atoms with E-state index >= 15 is 0 Å². The minimum Gasteiger partial charge on any atom is -0.455 e. The van der Waals surface area contributed by atoms with Crippen LogP contribution in [0.3, 0.4) is 0 Å². The Morgan fingerprint density at radius 1 is 0.512 bits per heavy atom. The van der Waals surface area contributed by atoms with Gasteiger partial charge in [0.25, 0.3) is 0 Å². The Morgan fingerprint density at radius 3 is 2.02 bits per heavy atom. The molecule has 0 amide bonds. The topological polar surface area (TPSA) is 51.8 Å². The van der Waals surface area contributed by atoms with Gasteiger partial charge in [0.1, 0.15) is 11.2 Å². The third-order valence-electron chi connectivity index (χ3n) is 7.83. The first-order valence-corrected chi connectivity index (χ1v) is 13.9. The fourth-order valence-corrected chi connectivity index (χ4v) is 5.91. The maximum absolute atomic E-state index is 6.53. The van der Waals surface area contributed by atoms with Crippen LogP contribution < -0.4 is 0 Å². The monoisotopic (exact) mass is 527 g/mol. The summed E-state index contributed by atoms with van der Waals surface area (Å²) in [5.74, 6) is 1.98. The number of hydrogen-bond acceptors (Lipinski definition) is 4. The van der Waals surface area contributed by atoms with Gasteiger partial charge in [-0.15, -0.1) is 0 Å². The molecule has 2 aromatic heterocycles. The maximum Gasteiger partial charge on any atom is 0.164 e. The number of aromatic nitrogens is 3. The zero-order valence-electron chi connectivity index (χ0n) is 22.3. The molecule has 0 atom stereocenters. The van der Waals surface area contributed by atoms with Gasteiger partial charge in [0.2, 0.25) is 0 Å². The van der Waals surface area contributed by atoms with Crippen LogP contribution in [0.25, 0.3) is 61.4 Å². The van der Waals surface area contributed by atoms with Crippen molar-refractivity contribution in [3.63, 3.8) is 0 Å². The molecular weight excluding hydrogens is 502 g/mol. The molecule has 7 aromatic rings. The van der Waals surface area contributed by atoms with E-state index in [-0.39, 0.29) is 0 Å². The van der Waals surface area contributed by atoms with Crippen molar-refractivity contribution in [2.45, 2.75) is 12.8 Å². The molecule has 5 aromatic carbocycles. The van der Waals surface area contributed by atoms with Crippen LogP contribution in [0, 0.1) is 0 Å². The molecule has 194 valence electrons. The van der Waals surface area contributed by atoms with E-state index in [4.69, 9.17) is 19.4 Å². The Kier molecular flexibility index (Phi) is 5.56. The van der Waals surface area contributed by atoms with E-state index in [1.165, 1.54) is 11.1 Å². The van der Waals surface area contributed by atoms with Crippen LogP contribution in [0.2, 0.25) is 0 Å². The van der Waals surface area contributed by atoms with Crippen LogP contribution in [0.1, 0.15) is 23.4 Å². The molecule has 0 unspecified atom stereocenters. The Labute approximate surface area is 237 Å². The van der Waals surface area contributed by atoms with Crippen LogP contribution in [-0.2, 0) is 6.42 Å². The fraction of sp³-hybridized carbons (Fsp3) is 0.0541. The zero-order chi connectivity index (χ0) is 27.2. The quantitative estimate of drug-likeness (QED) is 0.229. The van der Waals surface area contributed by atoms with Crippen LogP contribution in [0.15, 0.2) is 132 Å². The molecule has 4 nitrogen and oxygen atoms in total. The van der Waals surface area contributed by atoms with Crippen LogP contribution >= 0.6 is 0 Å². The van der Waals surface area contributed by atoms with Gasteiger partial charge in [-0.25, -0.2) is 15.0 Å². The summed E-state index contributed by atoms with van der Waals surface area (Å²) in [4.78, 5) is 15.2. The summed E-state index contributed by atoms with van der Waals surface area (Å²) in [6.45, 7) is 0. The van der Waals surface area contributed by atoms with Gasteiger partial charge >= 0.3 is 0 Å². The largest absolute Gasteiger partial charge is 0.455 e. The van der Waals surface area contributed by atoms with Gasteiger partial charge in [0.15, 0.2) is 17.5 Å². The van der Waals surface area contributed by atoms with Crippen molar-refractivity contribution >= 4 is 27.5 Å². The number of rotatable bonds is 4. The lowest BCUT2D eigenvalue weighted by atomic mass is 9.90. The number of para-hydroxylation sites is 1. The Morgan fingerprint density at radius 2 is 1.17 bits per heavy atom. The average Bonchev–Trinajstić information content (AvgIpc) is 3.44. The fourth-order valence-electron chi connectivity index (χ4n) is 5.91. The minimum atomic E-state index is 0.635. The van der Waals surface area contributed by atoms with Gasteiger partial charge in [-0.1, -0.05) is 121 Å². The van der Waals surface area contributed by atoms with Crippen molar-refractivity contribution in [2.75, 3.05) is 0 Å². The van der Waals surface area contributed by atoms with Crippen molar-refractivity contribution in [1.29, 1.82) is 0 Å². The Balaban J connectivity index is 1.38. The molecule has 0 aliphatic heterocycles. The van der Waals surface area contributed by atoms with Crippen molar-refractivity contribution in [2.24, 2.45) is 0 Å². The van der Waals surface area contributed by atoms with E-state index in [0.717, 1.165) is 62.6 Å². The third-order valence-corrected chi connectivity index (χ3v) is 7.83. The van der Waals surface area contributed by atoms with E-state index in [9.17, 15) is 0 Å². The lowest BCUT2D eigenvalue weighted by molar-refractivity contribution is 0.670. The predicted octanol–water partition coefficient (Wildman–Crippen LogP) is 9.15. The highest BCUT2D eigenvalue weighted by Gasteiger charge is 2.22. The first-order chi connectivity index (χ1) is 20.3. The predicted molar refractivity (Wildman–Crippen MR) is 165 cm³/mol. The van der Waals surface area contributed by atoms with E-state index in [1.54, 1.807) is 0 Å². The summed E-state index contributed by atoms with van der Waals surface area (Å²) in [6.07, 6.45) is 4.24. The molecule has 4 heteroatoms. The maximum atomic E-state index is 6.53. The number of fused-ring (bicyclic) bond motifs is 4. The molecule has 0 spiro atoms. The van der Waals surface area contributed by atoms with Gasteiger partial charge < -0.3 is 4.42 Å². The van der Waals surface area contributed by atoms with Gasteiger partial charge in [-0.3, -0.25) is 0 Å². The van der Waals surface area contributed by atoms with Gasteiger partial charge in [0, 0.05) is 33.0 Å². The summed E-state index contributed by atoms with van der Waals surface area (Å²) in [7, 11) is 0. The third kappa shape index (κ3) is 4.04. The SMILES string of the molecule is C1=C(c2nc(-c3ccccc3)nc(-c3cccc4oc5c(-c6ccccc6)cccc5c34)n2)c2ccccc2CC1. The standard InChI is InChI=1S/C37H25N3O/c1-3-12-25(13-4-1)28-19-10-21-30-33-31(22-11-23-32(33)41-34(28)30)37-39-35(26-15-5-2-6-16-26)38-36(40-37)29-20-9-17-24-14-7-8-18-27(24)29/h1-8,10-16,18-23H,9,17H2. The van der Waals surface area contributed by atoms with Crippen LogP contribution in [-0.4, -0.2) is 15.0 Å². The summed E-state index contributed by atoms with van der Waals surface area (Å²) >= 11 is 0. The molecule has 0 saturated carbocycles. The van der Waals surface area contributed by atoms with Crippen LogP contribution in [0.5, 0.6) is 0 Å². The summed E-state index contributed by atoms with van der Waals surface area (Å²) in [5.41, 5.74) is 9.32. The zero-order valence-corrected chi connectivity index (χ0v) is 22.3. The molecular formula is C37H25N3O. The van der Waals surface area contributed by atoms with E-state index in [0.29, 0.717) is 17.5 Å². The lowest BCUT2D eigenvalue weighted by Crippen LogP contribution is -2.07. The Hall–Kier alpha value is -5.35. The van der Waals surface area contributed by atoms with Crippen molar-refractivity contribution in [1.82, 2.24) is 15.0 Å². The van der Waals surface area contributed by atoms with Crippen molar-refractivity contribution in [3.05, 3.63) is 144 Å². The molecule has 41 heavy (non-hydrogen) atoms. The van der Waals surface area contributed by atoms with E-state index in [2.05, 4.69) is 78.9 Å². The van der Waals surface area contributed by atoms with Crippen molar-refractivity contribution in [3.8, 4) is 33.9 Å². The van der Waals surface area contributed by atoms with E-state index in [1.807, 2.05) is 48.5 Å². The molecule has 2 heterocycles. The van der Waals surface area contributed by atoms with Crippen LogP contribution in [0.4, 0.5) is 0 Å². The molecule has 1 aliphatic rings. The first-order valence-electron chi connectivity index (χ1n) is 13.9. The summed E-state index contributed by atoms with van der Waals surface area (Å²) < 4.78 is 6.53. The lowest BCUT2D eigenvalue weighted by Gasteiger charge is -2.17. The van der Waals surface area contributed by atoms with Gasteiger partial charge in [-0.05, 0) is 35.6 Å². The summed E-state index contributed by atoms with van der Waals surface area (Å²) in [6, 6.07) is 41.5. The molecule has 0 N–H and O–H groups in total. The highest BCUT2D eigenvalue weighted by Crippen LogP contribution is 2.40. The molecule has 8 rings (SSSR count). The normalized spacial score (nSPS) is 12.8. The number of furan rings is 1. The number of nitrogens with zero attached hydrogens (tertiary/aromatic N) is 3. The number of allylic oxidation sites excluding steroid dienone is 1. The number of benzene rings is 5. The van der Waals surface area contributed by atoms with Crippen molar-refractivity contribution < 1.29 is 4.42 Å². The smallest absolute Gasteiger partial charge is 0.164 e. The second kappa shape index (κ2) is 9.68. The Bertz CT molecular complexity index is 2090. The minimum absolute atomic E-state index is 0.635. The number of hydrogen-bond donors (Lipinski definition) is 0. The second-order valence-electron chi connectivity index (χ2n) is 10.3. The summed E-state index contributed by atoms with van der Waals surface area (Å²) in [5, 5.41) is 2.05. The van der Waals surface area contributed by atoms with E-state index < -0.39 is 0 Å². The molecule has 1 aliphatic carbocycles. The first kappa shape index (κ1) is 23.5. The molecule has 0 saturated heterocycles. The second-order valence-corrected chi connectivity index (χ2v) is 10.3.